The number of carbonyl (C=O) groups is 1. The summed E-state index contributed by atoms with van der Waals surface area (Å²) in [5, 5.41) is 0. The number of methoxy groups -OCH3 is 1. The van der Waals surface area contributed by atoms with Crippen LogP contribution in [0.15, 0.2) is 0 Å². The predicted octanol–water partition coefficient (Wildman–Crippen LogP) is 2.53. The van der Waals surface area contributed by atoms with Crippen molar-refractivity contribution in [2.45, 2.75) is 58.7 Å². The molecule has 0 rings (SSSR count). The zero-order valence-corrected chi connectivity index (χ0v) is 9.92. The van der Waals surface area contributed by atoms with Crippen molar-refractivity contribution in [1.29, 1.82) is 0 Å². The van der Waals surface area contributed by atoms with Gasteiger partial charge in [-0.2, -0.15) is 0 Å². The monoisotopic (exact) mass is 202 g/mol. The average Bonchev–Trinajstić information content (AvgIpc) is 2.00. The van der Waals surface area contributed by atoms with Crippen LogP contribution >= 0.6 is 0 Å². The van der Waals surface area contributed by atoms with Crippen molar-refractivity contribution in [2.24, 2.45) is 0 Å². The molecule has 0 saturated heterocycles. The van der Waals surface area contributed by atoms with E-state index in [0.29, 0.717) is 6.42 Å². The first-order chi connectivity index (χ1) is 6.35. The Morgan fingerprint density at radius 2 is 1.93 bits per heavy atom. The van der Waals surface area contributed by atoms with E-state index in [4.69, 9.17) is 4.74 Å². The van der Waals surface area contributed by atoms with E-state index in [9.17, 15) is 4.79 Å². The van der Waals surface area contributed by atoms with Crippen LogP contribution in [0.5, 0.6) is 0 Å². The maximum atomic E-state index is 10.8. The van der Waals surface area contributed by atoms with E-state index in [1.165, 1.54) is 7.11 Å². The molecule has 0 amide bonds. The van der Waals surface area contributed by atoms with Gasteiger partial charge in [-0.25, -0.2) is 0 Å². The standard InChI is InChI=1S/C11H22O3/c1-9(14-11(2,3)4)7-6-8-10(12)13-5/h9H,6-8H2,1-5H3. The molecule has 0 radical (unpaired) electrons. The Hall–Kier alpha value is -0.570. The Kier molecular flexibility index (Phi) is 5.77. The smallest absolute Gasteiger partial charge is 0.305 e. The van der Waals surface area contributed by atoms with Crippen LogP contribution in [0.4, 0.5) is 0 Å². The Bertz CT molecular complexity index is 170. The summed E-state index contributed by atoms with van der Waals surface area (Å²) in [6, 6.07) is 0. The number of rotatable bonds is 5. The van der Waals surface area contributed by atoms with E-state index in [1.54, 1.807) is 0 Å². The number of carbonyl (C=O) groups excluding carboxylic acids is 1. The minimum absolute atomic E-state index is 0.106. The van der Waals surface area contributed by atoms with Gasteiger partial charge in [-0.3, -0.25) is 4.79 Å². The van der Waals surface area contributed by atoms with Gasteiger partial charge in [0.05, 0.1) is 18.8 Å². The Morgan fingerprint density at radius 1 is 1.36 bits per heavy atom. The third kappa shape index (κ3) is 8.05. The molecule has 0 aliphatic heterocycles. The number of esters is 1. The van der Waals surface area contributed by atoms with Gasteiger partial charge in [-0.1, -0.05) is 0 Å². The molecule has 1 atom stereocenters. The lowest BCUT2D eigenvalue weighted by atomic mass is 10.1. The average molecular weight is 202 g/mol. The predicted molar refractivity (Wildman–Crippen MR) is 56.2 cm³/mol. The first-order valence-corrected chi connectivity index (χ1v) is 5.10. The van der Waals surface area contributed by atoms with Crippen LogP contribution in [0.2, 0.25) is 0 Å². The fraction of sp³-hybridized carbons (Fsp3) is 0.909. The van der Waals surface area contributed by atoms with Gasteiger partial charge in [0.25, 0.3) is 0 Å². The second-order valence-electron chi connectivity index (χ2n) is 4.51. The van der Waals surface area contributed by atoms with E-state index in [0.717, 1.165) is 12.8 Å². The summed E-state index contributed by atoms with van der Waals surface area (Å²) in [7, 11) is 1.41. The highest BCUT2D eigenvalue weighted by atomic mass is 16.5. The molecule has 0 aliphatic carbocycles. The molecule has 1 unspecified atom stereocenters. The first-order valence-electron chi connectivity index (χ1n) is 5.10. The quantitative estimate of drug-likeness (QED) is 0.643. The largest absolute Gasteiger partial charge is 0.469 e. The highest BCUT2D eigenvalue weighted by Gasteiger charge is 2.15. The van der Waals surface area contributed by atoms with E-state index < -0.39 is 0 Å². The van der Waals surface area contributed by atoms with Gasteiger partial charge in [0.1, 0.15) is 0 Å². The van der Waals surface area contributed by atoms with Gasteiger partial charge in [0.15, 0.2) is 0 Å². The minimum Gasteiger partial charge on any atom is -0.469 e. The summed E-state index contributed by atoms with van der Waals surface area (Å²) < 4.78 is 10.3. The van der Waals surface area contributed by atoms with Crippen LogP contribution in [0, 0.1) is 0 Å². The SMILES string of the molecule is COC(=O)CCCC(C)OC(C)(C)C. The molecule has 0 heterocycles. The molecule has 0 fully saturated rings. The highest BCUT2D eigenvalue weighted by Crippen LogP contribution is 2.14. The third-order valence-corrected chi connectivity index (χ3v) is 1.77. The fourth-order valence-electron chi connectivity index (χ4n) is 1.30. The lowest BCUT2D eigenvalue weighted by molar-refractivity contribution is -0.140. The summed E-state index contributed by atoms with van der Waals surface area (Å²) >= 11 is 0. The molecule has 0 aromatic heterocycles. The van der Waals surface area contributed by atoms with Crippen LogP contribution in [0.3, 0.4) is 0 Å². The van der Waals surface area contributed by atoms with Crippen molar-refractivity contribution >= 4 is 5.97 Å². The van der Waals surface area contributed by atoms with Gasteiger partial charge in [0, 0.05) is 6.42 Å². The summed E-state index contributed by atoms with van der Waals surface area (Å²) in [6.45, 7) is 8.12. The van der Waals surface area contributed by atoms with Gasteiger partial charge >= 0.3 is 5.97 Å². The molecule has 0 bridgehead atoms. The van der Waals surface area contributed by atoms with Crippen LogP contribution in [0.1, 0.15) is 47.0 Å². The van der Waals surface area contributed by atoms with Crippen molar-refractivity contribution in [3.63, 3.8) is 0 Å². The molecule has 0 saturated carbocycles. The lowest BCUT2D eigenvalue weighted by Crippen LogP contribution is -2.25. The Balaban J connectivity index is 3.54. The maximum absolute atomic E-state index is 10.8. The number of ether oxygens (including phenoxy) is 2. The van der Waals surface area contributed by atoms with E-state index in [-0.39, 0.29) is 17.7 Å². The fourth-order valence-corrected chi connectivity index (χ4v) is 1.30. The van der Waals surface area contributed by atoms with E-state index >= 15 is 0 Å². The number of hydrogen-bond donors (Lipinski definition) is 0. The van der Waals surface area contributed by atoms with E-state index in [2.05, 4.69) is 4.74 Å². The zero-order valence-electron chi connectivity index (χ0n) is 9.92. The normalized spacial score (nSPS) is 13.8. The molecule has 84 valence electrons. The summed E-state index contributed by atoms with van der Waals surface area (Å²) in [5.74, 6) is -0.145. The zero-order chi connectivity index (χ0) is 11.2. The lowest BCUT2D eigenvalue weighted by Gasteiger charge is -2.24. The van der Waals surface area contributed by atoms with E-state index in [1.807, 2.05) is 27.7 Å². The minimum atomic E-state index is -0.145. The topological polar surface area (TPSA) is 35.5 Å². The number of hydrogen-bond acceptors (Lipinski definition) is 3. The van der Waals surface area contributed by atoms with Crippen molar-refractivity contribution in [3.05, 3.63) is 0 Å². The molecule has 0 N–H and O–H groups in total. The van der Waals surface area contributed by atoms with Crippen LogP contribution in [-0.2, 0) is 14.3 Å². The van der Waals surface area contributed by atoms with Crippen molar-refractivity contribution in [2.75, 3.05) is 7.11 Å². The molecule has 0 spiro atoms. The summed E-state index contributed by atoms with van der Waals surface area (Å²) in [5.41, 5.74) is -0.106. The van der Waals surface area contributed by atoms with Gasteiger partial charge in [0.2, 0.25) is 0 Å². The van der Waals surface area contributed by atoms with Crippen LogP contribution in [-0.4, -0.2) is 24.8 Å². The maximum Gasteiger partial charge on any atom is 0.305 e. The Labute approximate surface area is 86.8 Å². The molecule has 0 aliphatic rings. The molecule has 14 heavy (non-hydrogen) atoms. The molecule has 3 heteroatoms. The van der Waals surface area contributed by atoms with Gasteiger partial charge in [-0.05, 0) is 40.5 Å². The second kappa shape index (κ2) is 6.02. The van der Waals surface area contributed by atoms with Crippen molar-refractivity contribution in [3.8, 4) is 0 Å². The summed E-state index contributed by atoms with van der Waals surface area (Å²) in [4.78, 5) is 10.8. The van der Waals surface area contributed by atoms with Crippen molar-refractivity contribution in [1.82, 2.24) is 0 Å². The molecular weight excluding hydrogens is 180 g/mol. The van der Waals surface area contributed by atoms with Gasteiger partial charge < -0.3 is 9.47 Å². The van der Waals surface area contributed by atoms with Gasteiger partial charge in [-0.15, -0.1) is 0 Å². The van der Waals surface area contributed by atoms with Crippen LogP contribution < -0.4 is 0 Å². The molecule has 0 aromatic rings. The first kappa shape index (κ1) is 13.4. The Morgan fingerprint density at radius 3 is 2.36 bits per heavy atom. The molecule has 3 nitrogen and oxygen atoms in total. The summed E-state index contributed by atoms with van der Waals surface area (Å²) in [6.07, 6.45) is 2.39. The molecular formula is C11H22O3. The second-order valence-corrected chi connectivity index (χ2v) is 4.51. The van der Waals surface area contributed by atoms with Crippen LogP contribution in [0.25, 0.3) is 0 Å². The molecule has 0 aromatic carbocycles. The third-order valence-electron chi connectivity index (χ3n) is 1.77. The highest BCUT2D eigenvalue weighted by molar-refractivity contribution is 5.68. The van der Waals surface area contributed by atoms with Crippen molar-refractivity contribution < 1.29 is 14.3 Å².